The van der Waals surface area contributed by atoms with Gasteiger partial charge in [0.2, 0.25) is 0 Å². The number of benzene rings is 1. The Morgan fingerprint density at radius 3 is 2.88 bits per heavy atom. The fraction of sp³-hybridized carbons (Fsp3) is 0. The van der Waals surface area contributed by atoms with Gasteiger partial charge in [-0.05, 0) is 24.3 Å². The van der Waals surface area contributed by atoms with Gasteiger partial charge in [0.25, 0.3) is 5.91 Å². The molecular formula is C12H10N4O. The van der Waals surface area contributed by atoms with Crippen molar-refractivity contribution in [1.29, 1.82) is 5.26 Å². The first-order valence-corrected chi connectivity index (χ1v) is 4.90. The Kier molecular flexibility index (Phi) is 2.55. The summed E-state index contributed by atoms with van der Waals surface area (Å²) in [5, 5.41) is 9.61. The minimum atomic E-state index is -0.745. The Morgan fingerprint density at radius 1 is 1.47 bits per heavy atom. The van der Waals surface area contributed by atoms with E-state index in [2.05, 4.69) is 4.98 Å². The molecule has 0 saturated heterocycles. The summed E-state index contributed by atoms with van der Waals surface area (Å²) in [4.78, 5) is 14.0. The smallest absolute Gasteiger partial charge is 0.259 e. The van der Waals surface area contributed by atoms with Crippen molar-refractivity contribution in [2.24, 2.45) is 5.73 Å². The SMILES string of the molecule is N#CC(=Cc1c[nH]c2ccc(N)cc12)C(N)=O. The molecule has 1 heterocycles. The molecule has 0 saturated carbocycles. The van der Waals surface area contributed by atoms with Crippen molar-refractivity contribution in [2.45, 2.75) is 0 Å². The number of primary amides is 1. The third-order valence-electron chi connectivity index (χ3n) is 2.42. The third-order valence-corrected chi connectivity index (χ3v) is 2.42. The highest BCUT2D eigenvalue weighted by molar-refractivity contribution is 6.03. The molecule has 0 atom stereocenters. The number of carbonyl (C=O) groups is 1. The number of nitriles is 1. The van der Waals surface area contributed by atoms with Crippen LogP contribution in [0.2, 0.25) is 0 Å². The quantitative estimate of drug-likeness (QED) is 0.406. The average molecular weight is 226 g/mol. The van der Waals surface area contributed by atoms with Crippen LogP contribution in [0.3, 0.4) is 0 Å². The molecule has 1 amide bonds. The zero-order valence-electron chi connectivity index (χ0n) is 8.90. The lowest BCUT2D eigenvalue weighted by Gasteiger charge is -1.95. The summed E-state index contributed by atoms with van der Waals surface area (Å²) in [6, 6.07) is 7.13. The highest BCUT2D eigenvalue weighted by Crippen LogP contribution is 2.22. The molecule has 5 nitrogen and oxygen atoms in total. The van der Waals surface area contributed by atoms with Crippen LogP contribution >= 0.6 is 0 Å². The monoisotopic (exact) mass is 226 g/mol. The number of aromatic nitrogens is 1. The van der Waals surface area contributed by atoms with E-state index < -0.39 is 5.91 Å². The molecule has 0 fully saturated rings. The van der Waals surface area contributed by atoms with E-state index in [0.717, 1.165) is 10.9 Å². The number of fused-ring (bicyclic) bond motifs is 1. The first-order valence-electron chi connectivity index (χ1n) is 4.90. The minimum absolute atomic E-state index is 0.0895. The molecule has 84 valence electrons. The highest BCUT2D eigenvalue weighted by atomic mass is 16.1. The van der Waals surface area contributed by atoms with Gasteiger partial charge in [0, 0.05) is 28.4 Å². The molecule has 5 N–H and O–H groups in total. The van der Waals surface area contributed by atoms with Crippen molar-refractivity contribution in [1.82, 2.24) is 4.98 Å². The molecule has 0 radical (unpaired) electrons. The Morgan fingerprint density at radius 2 is 2.24 bits per heavy atom. The van der Waals surface area contributed by atoms with Crippen LogP contribution in [0, 0.1) is 11.3 Å². The van der Waals surface area contributed by atoms with E-state index in [-0.39, 0.29) is 5.57 Å². The second kappa shape index (κ2) is 4.02. The summed E-state index contributed by atoms with van der Waals surface area (Å²) < 4.78 is 0. The lowest BCUT2D eigenvalue weighted by Crippen LogP contribution is -2.12. The molecule has 0 aliphatic rings. The van der Waals surface area contributed by atoms with E-state index in [1.165, 1.54) is 6.08 Å². The maximum atomic E-state index is 11.0. The van der Waals surface area contributed by atoms with Crippen molar-refractivity contribution in [2.75, 3.05) is 5.73 Å². The van der Waals surface area contributed by atoms with Crippen LogP contribution in [-0.2, 0) is 4.79 Å². The Hall–Kier alpha value is -2.74. The number of nitrogens with two attached hydrogens (primary N) is 2. The molecule has 0 spiro atoms. The van der Waals surface area contributed by atoms with E-state index in [0.29, 0.717) is 11.3 Å². The predicted octanol–water partition coefficient (Wildman–Crippen LogP) is 1.14. The van der Waals surface area contributed by atoms with Crippen molar-refractivity contribution >= 4 is 28.6 Å². The van der Waals surface area contributed by atoms with E-state index in [1.54, 1.807) is 24.4 Å². The molecular weight excluding hydrogens is 216 g/mol. The van der Waals surface area contributed by atoms with E-state index in [4.69, 9.17) is 16.7 Å². The van der Waals surface area contributed by atoms with E-state index >= 15 is 0 Å². The minimum Gasteiger partial charge on any atom is -0.399 e. The fourth-order valence-electron chi connectivity index (χ4n) is 1.59. The summed E-state index contributed by atoms with van der Waals surface area (Å²) in [5.41, 5.74) is 12.9. The van der Waals surface area contributed by atoms with Crippen LogP contribution in [0.25, 0.3) is 17.0 Å². The Balaban J connectivity index is 2.61. The number of anilines is 1. The van der Waals surface area contributed by atoms with Gasteiger partial charge >= 0.3 is 0 Å². The number of nitrogens with one attached hydrogen (secondary N) is 1. The van der Waals surface area contributed by atoms with Gasteiger partial charge in [-0.15, -0.1) is 0 Å². The van der Waals surface area contributed by atoms with Gasteiger partial charge in [0.1, 0.15) is 11.6 Å². The van der Waals surface area contributed by atoms with Gasteiger partial charge in [-0.2, -0.15) is 5.26 Å². The second-order valence-electron chi connectivity index (χ2n) is 3.58. The van der Waals surface area contributed by atoms with Crippen LogP contribution in [0.15, 0.2) is 30.0 Å². The van der Waals surface area contributed by atoms with Gasteiger partial charge in [-0.1, -0.05) is 0 Å². The Bertz CT molecular complexity index is 661. The highest BCUT2D eigenvalue weighted by Gasteiger charge is 2.07. The molecule has 0 aliphatic heterocycles. The number of H-pyrrole nitrogens is 1. The van der Waals surface area contributed by atoms with Crippen molar-refractivity contribution < 1.29 is 4.79 Å². The summed E-state index contributed by atoms with van der Waals surface area (Å²) >= 11 is 0. The maximum Gasteiger partial charge on any atom is 0.259 e. The summed E-state index contributed by atoms with van der Waals surface area (Å²) in [6.07, 6.45) is 3.14. The lowest BCUT2D eigenvalue weighted by atomic mass is 10.1. The van der Waals surface area contributed by atoms with Crippen molar-refractivity contribution in [3.8, 4) is 6.07 Å². The molecule has 17 heavy (non-hydrogen) atoms. The van der Waals surface area contributed by atoms with Crippen LogP contribution in [0.4, 0.5) is 5.69 Å². The molecule has 0 unspecified atom stereocenters. The van der Waals surface area contributed by atoms with Crippen LogP contribution in [0.5, 0.6) is 0 Å². The van der Waals surface area contributed by atoms with Gasteiger partial charge in [0.15, 0.2) is 0 Å². The number of rotatable bonds is 2. The normalized spacial score (nSPS) is 11.4. The van der Waals surface area contributed by atoms with Gasteiger partial charge < -0.3 is 16.5 Å². The van der Waals surface area contributed by atoms with E-state index in [1.807, 2.05) is 6.07 Å². The first kappa shape index (κ1) is 10.8. The predicted molar refractivity (Wildman–Crippen MR) is 65.5 cm³/mol. The first-order chi connectivity index (χ1) is 8.11. The van der Waals surface area contributed by atoms with E-state index in [9.17, 15) is 4.79 Å². The Labute approximate surface area is 97.3 Å². The maximum absolute atomic E-state index is 11.0. The molecule has 0 aliphatic carbocycles. The number of hydrogen-bond donors (Lipinski definition) is 3. The summed E-state index contributed by atoms with van der Waals surface area (Å²) in [6.45, 7) is 0. The summed E-state index contributed by atoms with van der Waals surface area (Å²) in [7, 11) is 0. The topological polar surface area (TPSA) is 109 Å². The third kappa shape index (κ3) is 1.96. The number of amides is 1. The van der Waals surface area contributed by atoms with Gasteiger partial charge in [-0.3, -0.25) is 4.79 Å². The van der Waals surface area contributed by atoms with Crippen molar-refractivity contribution in [3.05, 3.63) is 35.5 Å². The van der Waals surface area contributed by atoms with Crippen LogP contribution in [-0.4, -0.2) is 10.9 Å². The zero-order chi connectivity index (χ0) is 12.4. The lowest BCUT2D eigenvalue weighted by molar-refractivity contribution is -0.114. The molecule has 1 aromatic carbocycles. The number of nitrogens with zero attached hydrogens (tertiary/aromatic N) is 1. The van der Waals surface area contributed by atoms with Gasteiger partial charge in [-0.25, -0.2) is 0 Å². The zero-order valence-corrected chi connectivity index (χ0v) is 8.90. The second-order valence-corrected chi connectivity index (χ2v) is 3.58. The van der Waals surface area contributed by atoms with Crippen LogP contribution in [0.1, 0.15) is 5.56 Å². The number of carbonyl (C=O) groups excluding carboxylic acids is 1. The van der Waals surface area contributed by atoms with Crippen molar-refractivity contribution in [3.63, 3.8) is 0 Å². The summed E-state index contributed by atoms with van der Waals surface area (Å²) in [5.74, 6) is -0.745. The number of nitrogen functional groups attached to an aromatic ring is 1. The molecule has 2 aromatic rings. The molecule has 2 rings (SSSR count). The van der Waals surface area contributed by atoms with Gasteiger partial charge in [0.05, 0.1) is 0 Å². The average Bonchev–Trinajstić information content (AvgIpc) is 2.68. The van der Waals surface area contributed by atoms with Crippen LogP contribution < -0.4 is 11.5 Å². The molecule has 1 aromatic heterocycles. The number of hydrogen-bond acceptors (Lipinski definition) is 3. The molecule has 5 heteroatoms. The standard InChI is InChI=1S/C12H10N4O/c13-5-7(12(15)17)3-8-6-16-11-2-1-9(14)4-10(8)11/h1-4,6,16H,14H2,(H2,15,17). The fourth-order valence-corrected chi connectivity index (χ4v) is 1.59. The molecule has 0 bridgehead atoms. The number of aromatic amines is 1. The largest absolute Gasteiger partial charge is 0.399 e.